The van der Waals surface area contributed by atoms with E-state index in [-0.39, 0.29) is 0 Å². The number of hydrogen-bond acceptors (Lipinski definition) is 2. The van der Waals surface area contributed by atoms with Crippen molar-refractivity contribution < 1.29 is 4.74 Å². The van der Waals surface area contributed by atoms with Gasteiger partial charge in [-0.3, -0.25) is 0 Å². The highest BCUT2D eigenvalue weighted by molar-refractivity contribution is 9.10. The van der Waals surface area contributed by atoms with Crippen LogP contribution in [-0.2, 0) is 13.1 Å². The minimum absolute atomic E-state index is 0.682. The molecule has 1 fully saturated rings. The molecule has 4 heteroatoms. The molecule has 0 bridgehead atoms. The van der Waals surface area contributed by atoms with Crippen LogP contribution >= 0.6 is 15.9 Å². The van der Waals surface area contributed by atoms with E-state index in [9.17, 15) is 0 Å². The average molecular weight is 335 g/mol. The summed E-state index contributed by atoms with van der Waals surface area (Å²) >= 11 is 3.45. The third-order valence-electron chi connectivity index (χ3n) is 3.47. The Morgan fingerprint density at radius 1 is 1.25 bits per heavy atom. The van der Waals surface area contributed by atoms with Crippen molar-refractivity contribution in [2.75, 3.05) is 6.61 Å². The van der Waals surface area contributed by atoms with Crippen molar-refractivity contribution >= 4 is 15.9 Å². The number of nitrogens with zero attached hydrogens (tertiary/aromatic N) is 1. The first kappa shape index (κ1) is 13.7. The van der Waals surface area contributed by atoms with E-state index < -0.39 is 0 Å². The summed E-state index contributed by atoms with van der Waals surface area (Å²) in [4.78, 5) is 0. The minimum atomic E-state index is 0.682. The zero-order valence-electron chi connectivity index (χ0n) is 11.4. The number of hydrogen-bond donors (Lipinski definition) is 1. The predicted molar refractivity (Wildman–Crippen MR) is 83.9 cm³/mol. The smallest absolute Gasteiger partial charge is 0.120 e. The molecule has 1 saturated carbocycles. The van der Waals surface area contributed by atoms with Crippen LogP contribution in [0.3, 0.4) is 0 Å². The van der Waals surface area contributed by atoms with Gasteiger partial charge < -0.3 is 14.6 Å². The molecule has 0 amide bonds. The van der Waals surface area contributed by atoms with Gasteiger partial charge in [0.2, 0.25) is 0 Å². The van der Waals surface area contributed by atoms with Crippen LogP contribution in [-0.4, -0.2) is 17.2 Å². The van der Waals surface area contributed by atoms with Gasteiger partial charge in [0.1, 0.15) is 12.4 Å². The van der Waals surface area contributed by atoms with Crippen LogP contribution in [0, 0.1) is 0 Å². The zero-order chi connectivity index (χ0) is 13.8. The molecule has 0 unspecified atom stereocenters. The molecule has 1 aromatic carbocycles. The third-order valence-corrected chi connectivity index (χ3v) is 3.96. The Morgan fingerprint density at radius 3 is 2.95 bits per heavy atom. The van der Waals surface area contributed by atoms with E-state index >= 15 is 0 Å². The largest absolute Gasteiger partial charge is 0.492 e. The van der Waals surface area contributed by atoms with Crippen LogP contribution in [0.4, 0.5) is 0 Å². The lowest BCUT2D eigenvalue weighted by Crippen LogP contribution is -2.19. The monoisotopic (exact) mass is 334 g/mol. The maximum Gasteiger partial charge on any atom is 0.120 e. The standard InChI is InChI=1S/C16H19BrN2O/c17-13-3-1-5-16(11-13)20-10-9-19-8-2-4-15(19)12-18-14-6-7-14/h1-5,8,11,14,18H,6-7,9-10,12H2. The van der Waals surface area contributed by atoms with Gasteiger partial charge in [-0.25, -0.2) is 0 Å². The molecule has 1 heterocycles. The number of rotatable bonds is 7. The maximum atomic E-state index is 5.78. The molecular formula is C16H19BrN2O. The Balaban J connectivity index is 1.49. The second kappa shape index (κ2) is 6.46. The highest BCUT2D eigenvalue weighted by Crippen LogP contribution is 2.20. The molecule has 0 radical (unpaired) electrons. The van der Waals surface area contributed by atoms with Gasteiger partial charge in [0.15, 0.2) is 0 Å². The molecule has 0 atom stereocenters. The Kier molecular flexibility index (Phi) is 4.43. The number of nitrogens with one attached hydrogen (secondary N) is 1. The van der Waals surface area contributed by atoms with Crippen LogP contribution in [0.5, 0.6) is 5.75 Å². The first-order valence-corrected chi connectivity index (χ1v) is 7.86. The normalized spacial score (nSPS) is 14.4. The van der Waals surface area contributed by atoms with Crippen LogP contribution in [0.25, 0.3) is 0 Å². The maximum absolute atomic E-state index is 5.78. The van der Waals surface area contributed by atoms with Gasteiger partial charge in [0.05, 0.1) is 6.54 Å². The van der Waals surface area contributed by atoms with E-state index in [1.165, 1.54) is 18.5 Å². The summed E-state index contributed by atoms with van der Waals surface area (Å²) < 4.78 is 9.09. The number of aromatic nitrogens is 1. The fourth-order valence-electron chi connectivity index (χ4n) is 2.18. The summed E-state index contributed by atoms with van der Waals surface area (Å²) in [6.07, 6.45) is 4.77. The molecule has 1 aromatic heterocycles. The molecule has 106 valence electrons. The second-order valence-electron chi connectivity index (χ2n) is 5.15. The van der Waals surface area contributed by atoms with Gasteiger partial charge in [-0.2, -0.15) is 0 Å². The summed E-state index contributed by atoms with van der Waals surface area (Å²) in [7, 11) is 0. The SMILES string of the molecule is Brc1cccc(OCCn2cccc2CNC2CC2)c1. The summed E-state index contributed by atoms with van der Waals surface area (Å²) in [6.45, 7) is 2.51. The average Bonchev–Trinajstić information content (AvgIpc) is 3.16. The molecule has 1 N–H and O–H groups in total. The van der Waals surface area contributed by atoms with Crippen molar-refractivity contribution in [2.45, 2.75) is 32.0 Å². The van der Waals surface area contributed by atoms with Crippen molar-refractivity contribution in [3.05, 3.63) is 52.8 Å². The van der Waals surface area contributed by atoms with E-state index in [2.05, 4.69) is 44.1 Å². The van der Waals surface area contributed by atoms with E-state index in [0.717, 1.165) is 29.4 Å². The first-order chi connectivity index (χ1) is 9.81. The molecule has 0 aliphatic heterocycles. The molecule has 0 spiro atoms. The Morgan fingerprint density at radius 2 is 2.15 bits per heavy atom. The first-order valence-electron chi connectivity index (χ1n) is 7.07. The summed E-state index contributed by atoms with van der Waals surface area (Å²) in [5.41, 5.74) is 1.33. The Bertz CT molecular complexity index is 563. The summed E-state index contributed by atoms with van der Waals surface area (Å²) in [6, 6.07) is 13.0. The lowest BCUT2D eigenvalue weighted by molar-refractivity contribution is 0.296. The van der Waals surface area contributed by atoms with E-state index in [1.807, 2.05) is 24.3 Å². The van der Waals surface area contributed by atoms with Crippen molar-refractivity contribution in [3.8, 4) is 5.75 Å². The Labute approximate surface area is 128 Å². The highest BCUT2D eigenvalue weighted by atomic mass is 79.9. The van der Waals surface area contributed by atoms with Crippen molar-refractivity contribution in [1.29, 1.82) is 0 Å². The van der Waals surface area contributed by atoms with Gasteiger partial charge in [-0.15, -0.1) is 0 Å². The molecular weight excluding hydrogens is 316 g/mol. The van der Waals surface area contributed by atoms with E-state index in [0.29, 0.717) is 6.61 Å². The fourth-order valence-corrected chi connectivity index (χ4v) is 2.56. The third kappa shape index (κ3) is 3.87. The minimum Gasteiger partial charge on any atom is -0.492 e. The molecule has 1 aliphatic carbocycles. The molecule has 2 aromatic rings. The van der Waals surface area contributed by atoms with Gasteiger partial charge in [-0.05, 0) is 43.2 Å². The lowest BCUT2D eigenvalue weighted by atomic mass is 10.3. The van der Waals surface area contributed by atoms with Crippen LogP contribution in [0.2, 0.25) is 0 Å². The quantitative estimate of drug-likeness (QED) is 0.837. The number of benzene rings is 1. The fraction of sp³-hybridized carbons (Fsp3) is 0.375. The predicted octanol–water partition coefficient (Wildman–Crippen LogP) is 3.58. The van der Waals surface area contributed by atoms with E-state index in [4.69, 9.17) is 4.74 Å². The molecule has 3 rings (SSSR count). The van der Waals surface area contributed by atoms with Crippen LogP contribution < -0.4 is 10.1 Å². The van der Waals surface area contributed by atoms with Gasteiger partial charge in [0, 0.05) is 29.0 Å². The Hall–Kier alpha value is -1.26. The zero-order valence-corrected chi connectivity index (χ0v) is 13.0. The highest BCUT2D eigenvalue weighted by Gasteiger charge is 2.20. The van der Waals surface area contributed by atoms with Crippen LogP contribution in [0.15, 0.2) is 47.1 Å². The van der Waals surface area contributed by atoms with Crippen molar-refractivity contribution in [2.24, 2.45) is 0 Å². The van der Waals surface area contributed by atoms with Crippen LogP contribution in [0.1, 0.15) is 18.5 Å². The number of halogens is 1. The van der Waals surface area contributed by atoms with Gasteiger partial charge in [0.25, 0.3) is 0 Å². The van der Waals surface area contributed by atoms with E-state index in [1.54, 1.807) is 0 Å². The molecule has 1 aliphatic rings. The topological polar surface area (TPSA) is 26.2 Å². The van der Waals surface area contributed by atoms with Gasteiger partial charge >= 0.3 is 0 Å². The lowest BCUT2D eigenvalue weighted by Gasteiger charge is -2.11. The molecule has 3 nitrogen and oxygen atoms in total. The second-order valence-corrected chi connectivity index (χ2v) is 6.07. The summed E-state index contributed by atoms with van der Waals surface area (Å²) in [5.74, 6) is 0.907. The van der Waals surface area contributed by atoms with Gasteiger partial charge in [-0.1, -0.05) is 22.0 Å². The summed E-state index contributed by atoms with van der Waals surface area (Å²) in [5, 5.41) is 3.55. The molecule has 0 saturated heterocycles. The number of ether oxygens (including phenoxy) is 1. The molecule has 20 heavy (non-hydrogen) atoms. The van der Waals surface area contributed by atoms with Crippen molar-refractivity contribution in [3.63, 3.8) is 0 Å². The van der Waals surface area contributed by atoms with Crippen molar-refractivity contribution in [1.82, 2.24) is 9.88 Å².